The molecule has 1 aromatic heterocycles. The van der Waals surface area contributed by atoms with Crippen molar-refractivity contribution >= 4 is 40.5 Å². The van der Waals surface area contributed by atoms with E-state index in [1.165, 1.54) is 0 Å². The molecule has 21 heavy (non-hydrogen) atoms. The van der Waals surface area contributed by atoms with Crippen molar-refractivity contribution in [1.82, 2.24) is 10.2 Å². The minimum absolute atomic E-state index is 0.424. The number of aromatic amines is 1. The van der Waals surface area contributed by atoms with Gasteiger partial charge in [0.15, 0.2) is 5.75 Å². The highest BCUT2D eigenvalue weighted by Gasteiger charge is 2.23. The second-order valence-corrected chi connectivity index (χ2v) is 5.84. The summed E-state index contributed by atoms with van der Waals surface area (Å²) in [5, 5.41) is 8.10. The van der Waals surface area contributed by atoms with Crippen LogP contribution in [0.5, 0.6) is 5.75 Å². The van der Waals surface area contributed by atoms with Gasteiger partial charge in [0.25, 0.3) is 0 Å². The molecule has 1 heterocycles. The molecule has 0 fully saturated rings. The molecule has 0 atom stereocenters. The highest BCUT2D eigenvalue weighted by Crippen LogP contribution is 2.48. The molecule has 0 aliphatic rings. The van der Waals surface area contributed by atoms with Crippen LogP contribution >= 0.6 is 34.8 Å². The number of benzene rings is 1. The lowest BCUT2D eigenvalue weighted by Gasteiger charge is -2.22. The Bertz CT molecular complexity index is 627. The first-order valence-electron chi connectivity index (χ1n) is 6.44. The molecule has 2 aromatic rings. The summed E-state index contributed by atoms with van der Waals surface area (Å²) in [7, 11) is 3.75. The maximum Gasteiger partial charge on any atom is 0.158 e. The van der Waals surface area contributed by atoms with Crippen LogP contribution in [0, 0.1) is 0 Å². The molecule has 0 spiro atoms. The van der Waals surface area contributed by atoms with Gasteiger partial charge < -0.3 is 9.64 Å². The van der Waals surface area contributed by atoms with Crippen LogP contribution in [0.25, 0.3) is 0 Å². The number of rotatable bonds is 5. The van der Waals surface area contributed by atoms with Gasteiger partial charge in [0.2, 0.25) is 0 Å². The number of halogens is 3. The summed E-state index contributed by atoms with van der Waals surface area (Å²) in [6.45, 7) is 2.35. The molecule has 7 heteroatoms. The second kappa shape index (κ2) is 6.77. The minimum atomic E-state index is 0.424. The second-order valence-electron chi connectivity index (χ2n) is 4.71. The van der Waals surface area contributed by atoms with Crippen molar-refractivity contribution in [2.75, 3.05) is 25.6 Å². The number of nitrogens with zero attached hydrogens (tertiary/aromatic N) is 2. The molecule has 0 aliphatic carbocycles. The van der Waals surface area contributed by atoms with Crippen molar-refractivity contribution < 1.29 is 4.74 Å². The fourth-order valence-electron chi connectivity index (χ4n) is 2.07. The molecular formula is C14H16Cl3N3O. The Morgan fingerprint density at radius 2 is 1.90 bits per heavy atom. The highest BCUT2D eigenvalue weighted by molar-refractivity contribution is 6.44. The van der Waals surface area contributed by atoms with Crippen molar-refractivity contribution in [3.05, 3.63) is 38.6 Å². The fraction of sp³-hybridized carbons (Fsp3) is 0.357. The van der Waals surface area contributed by atoms with Crippen molar-refractivity contribution in [3.8, 4) is 5.75 Å². The zero-order valence-corrected chi connectivity index (χ0v) is 14.3. The molecule has 0 saturated carbocycles. The quantitative estimate of drug-likeness (QED) is 0.869. The van der Waals surface area contributed by atoms with E-state index in [0.717, 1.165) is 11.1 Å². The number of H-pyrrole nitrogens is 1. The number of aromatic nitrogens is 2. The number of nitrogens with one attached hydrogen (secondary N) is 1. The molecular weight excluding hydrogens is 333 g/mol. The van der Waals surface area contributed by atoms with Gasteiger partial charge >= 0.3 is 0 Å². The minimum Gasteiger partial charge on any atom is -0.491 e. The van der Waals surface area contributed by atoms with Crippen molar-refractivity contribution in [2.24, 2.45) is 0 Å². The number of anilines is 1. The van der Waals surface area contributed by atoms with Crippen molar-refractivity contribution in [1.29, 1.82) is 0 Å². The number of ether oxygens (including phenoxy) is 1. The molecule has 4 nitrogen and oxygen atoms in total. The summed E-state index contributed by atoms with van der Waals surface area (Å²) >= 11 is 19.3. The summed E-state index contributed by atoms with van der Waals surface area (Å²) in [6, 6.07) is 0. The number of hydrogen-bond donors (Lipinski definition) is 1. The normalized spacial score (nSPS) is 10.8. The van der Waals surface area contributed by atoms with Crippen LogP contribution in [0.15, 0.2) is 12.4 Å². The van der Waals surface area contributed by atoms with Gasteiger partial charge in [-0.1, -0.05) is 34.8 Å². The Morgan fingerprint density at radius 1 is 1.19 bits per heavy atom. The monoisotopic (exact) mass is 347 g/mol. The van der Waals surface area contributed by atoms with Crippen LogP contribution in [-0.2, 0) is 6.42 Å². The largest absolute Gasteiger partial charge is 0.491 e. The van der Waals surface area contributed by atoms with Crippen molar-refractivity contribution in [2.45, 2.75) is 13.3 Å². The highest BCUT2D eigenvalue weighted by atomic mass is 35.5. The average Bonchev–Trinajstić information content (AvgIpc) is 2.92. The standard InChI is InChI=1S/C14H16Cl3N3O/c1-4-21-14-11(16)9(5-8-6-18-19-7-8)10(15)13(12(14)17)20(2)3/h6-7H,4-5H2,1-3H3,(H,18,19). The van der Waals surface area contributed by atoms with Crippen molar-refractivity contribution in [3.63, 3.8) is 0 Å². The van der Waals surface area contributed by atoms with E-state index in [9.17, 15) is 0 Å². The van der Waals surface area contributed by atoms with E-state index in [4.69, 9.17) is 39.5 Å². The molecule has 0 unspecified atom stereocenters. The van der Waals surface area contributed by atoms with Gasteiger partial charge in [-0.25, -0.2) is 0 Å². The third-order valence-electron chi connectivity index (χ3n) is 3.02. The summed E-state index contributed by atoms with van der Waals surface area (Å²) < 4.78 is 5.60. The molecule has 1 N–H and O–H groups in total. The zero-order chi connectivity index (χ0) is 15.6. The Kier molecular flexibility index (Phi) is 5.25. The van der Waals surface area contributed by atoms with E-state index in [1.807, 2.05) is 25.9 Å². The predicted octanol–water partition coefficient (Wildman–Crippen LogP) is 4.43. The summed E-state index contributed by atoms with van der Waals surface area (Å²) in [5.41, 5.74) is 2.45. The first kappa shape index (κ1) is 16.3. The molecule has 2 rings (SSSR count). The fourth-order valence-corrected chi connectivity index (χ4v) is 3.37. The van der Waals surface area contributed by atoms with E-state index >= 15 is 0 Å². The molecule has 0 amide bonds. The topological polar surface area (TPSA) is 41.1 Å². The Labute approximate surface area is 138 Å². The van der Waals surface area contributed by atoms with E-state index in [-0.39, 0.29) is 0 Å². The van der Waals surface area contributed by atoms with Crippen LogP contribution < -0.4 is 9.64 Å². The molecule has 114 valence electrons. The lowest BCUT2D eigenvalue weighted by atomic mass is 10.1. The summed E-state index contributed by atoms with van der Waals surface area (Å²) in [4.78, 5) is 1.85. The van der Waals surface area contributed by atoms with E-state index in [2.05, 4.69) is 10.2 Å². The van der Waals surface area contributed by atoms with Gasteiger partial charge in [0, 0.05) is 26.7 Å². The van der Waals surface area contributed by atoms with E-state index < -0.39 is 0 Å². The lowest BCUT2D eigenvalue weighted by Crippen LogP contribution is -2.12. The van der Waals surface area contributed by atoms with E-state index in [1.54, 1.807) is 12.4 Å². The number of hydrogen-bond acceptors (Lipinski definition) is 3. The average molecular weight is 349 g/mol. The summed E-state index contributed by atoms with van der Waals surface area (Å²) in [6.07, 6.45) is 4.08. The van der Waals surface area contributed by atoms with Gasteiger partial charge in [-0.05, 0) is 18.1 Å². The Morgan fingerprint density at radius 3 is 2.43 bits per heavy atom. The van der Waals surface area contributed by atoms with Gasteiger partial charge in [-0.3, -0.25) is 5.10 Å². The van der Waals surface area contributed by atoms with Crippen LogP contribution in [0.4, 0.5) is 5.69 Å². The first-order chi connectivity index (χ1) is 9.97. The molecule has 0 saturated heterocycles. The van der Waals surface area contributed by atoms with E-state index in [0.29, 0.717) is 39.5 Å². The van der Waals surface area contributed by atoms with Gasteiger partial charge in [-0.2, -0.15) is 5.10 Å². The van der Waals surface area contributed by atoms with Crippen LogP contribution in [0.1, 0.15) is 18.1 Å². The van der Waals surface area contributed by atoms with Gasteiger partial charge in [0.1, 0.15) is 5.02 Å². The SMILES string of the molecule is CCOc1c(Cl)c(Cc2cn[nH]c2)c(Cl)c(N(C)C)c1Cl. The maximum atomic E-state index is 6.51. The molecule has 1 aromatic carbocycles. The van der Waals surface area contributed by atoms with Gasteiger partial charge in [-0.15, -0.1) is 0 Å². The zero-order valence-electron chi connectivity index (χ0n) is 12.0. The maximum absolute atomic E-state index is 6.51. The third-order valence-corrected chi connectivity index (χ3v) is 4.17. The lowest BCUT2D eigenvalue weighted by molar-refractivity contribution is 0.340. The molecule has 0 bridgehead atoms. The molecule has 0 radical (unpaired) electrons. The van der Waals surface area contributed by atoms with Crippen LogP contribution in [-0.4, -0.2) is 30.9 Å². The third kappa shape index (κ3) is 3.23. The molecule has 0 aliphatic heterocycles. The Balaban J connectivity index is 2.62. The Hall–Kier alpha value is -1.10. The smallest absolute Gasteiger partial charge is 0.158 e. The van der Waals surface area contributed by atoms with Gasteiger partial charge in [0.05, 0.1) is 28.5 Å². The predicted molar refractivity (Wildman–Crippen MR) is 88.4 cm³/mol. The first-order valence-corrected chi connectivity index (χ1v) is 7.57. The summed E-state index contributed by atoms with van der Waals surface area (Å²) in [5.74, 6) is 0.465. The van der Waals surface area contributed by atoms with Crippen LogP contribution in [0.2, 0.25) is 15.1 Å². The van der Waals surface area contributed by atoms with Crippen LogP contribution in [0.3, 0.4) is 0 Å².